The third kappa shape index (κ3) is 4.65. The molecule has 5 heteroatoms. The van der Waals surface area contributed by atoms with Crippen LogP contribution in [-0.2, 0) is 13.6 Å². The number of benzene rings is 1. The van der Waals surface area contributed by atoms with Gasteiger partial charge in [0.25, 0.3) is 0 Å². The van der Waals surface area contributed by atoms with Crippen LogP contribution >= 0.6 is 7.60 Å². The zero-order valence-corrected chi connectivity index (χ0v) is 11.9. The summed E-state index contributed by atoms with van der Waals surface area (Å²) in [4.78, 5) is 0. The van der Waals surface area contributed by atoms with E-state index in [0.29, 0.717) is 13.2 Å². The molecule has 0 heterocycles. The van der Waals surface area contributed by atoms with E-state index in [-0.39, 0.29) is 0 Å². The largest absolute Gasteiger partial charge is 0.497 e. The van der Waals surface area contributed by atoms with Gasteiger partial charge in [-0.25, -0.2) is 0 Å². The van der Waals surface area contributed by atoms with Gasteiger partial charge < -0.3 is 13.8 Å². The van der Waals surface area contributed by atoms with Gasteiger partial charge >= 0.3 is 7.60 Å². The summed E-state index contributed by atoms with van der Waals surface area (Å²) in [7, 11) is -1.50. The molecule has 1 aromatic rings. The van der Waals surface area contributed by atoms with Gasteiger partial charge in [-0.2, -0.15) is 0 Å². The van der Waals surface area contributed by atoms with Crippen LogP contribution in [0.4, 0.5) is 0 Å². The van der Waals surface area contributed by atoms with Crippen molar-refractivity contribution < 1.29 is 18.3 Å². The normalized spacial score (nSPS) is 11.9. The summed E-state index contributed by atoms with van der Waals surface area (Å²) >= 11 is 0. The van der Waals surface area contributed by atoms with Crippen molar-refractivity contribution in [3.05, 3.63) is 35.6 Å². The molecule has 0 atom stereocenters. The third-order valence-corrected chi connectivity index (χ3v) is 3.93. The Labute approximate surface area is 108 Å². The Morgan fingerprint density at radius 1 is 1.11 bits per heavy atom. The maximum atomic E-state index is 12.2. The van der Waals surface area contributed by atoms with E-state index in [2.05, 4.69) is 0 Å². The molecular weight excluding hydrogens is 251 g/mol. The first-order valence-electron chi connectivity index (χ1n) is 5.85. The van der Waals surface area contributed by atoms with E-state index >= 15 is 0 Å². The summed E-state index contributed by atoms with van der Waals surface area (Å²) in [6.45, 7) is 4.27. The van der Waals surface area contributed by atoms with Crippen LogP contribution in [0, 0.1) is 0 Å². The Morgan fingerprint density at radius 2 is 1.67 bits per heavy atom. The molecule has 0 saturated heterocycles. The highest BCUT2D eigenvalue weighted by atomic mass is 31.2. The van der Waals surface area contributed by atoms with Gasteiger partial charge in [-0.1, -0.05) is 12.1 Å². The number of ether oxygens (including phenoxy) is 1. The van der Waals surface area contributed by atoms with E-state index in [1.807, 2.05) is 24.3 Å². The maximum absolute atomic E-state index is 12.2. The predicted molar refractivity (Wildman–Crippen MR) is 72.9 cm³/mol. The summed E-state index contributed by atoms with van der Waals surface area (Å²) < 4.78 is 27.5. The third-order valence-electron chi connectivity index (χ3n) is 2.18. The second-order valence-electron chi connectivity index (χ2n) is 3.46. The highest BCUT2D eigenvalue weighted by Crippen LogP contribution is 2.50. The smallest absolute Gasteiger partial charge is 0.354 e. The van der Waals surface area contributed by atoms with Crippen LogP contribution in [-0.4, -0.2) is 20.3 Å². The number of rotatable bonds is 7. The van der Waals surface area contributed by atoms with Gasteiger partial charge in [0.1, 0.15) is 5.75 Å². The average Bonchev–Trinajstić information content (AvgIpc) is 2.38. The molecule has 100 valence electrons. The van der Waals surface area contributed by atoms with E-state index in [0.717, 1.165) is 11.3 Å². The van der Waals surface area contributed by atoms with Crippen LogP contribution in [0.15, 0.2) is 30.1 Å². The first-order chi connectivity index (χ1) is 8.63. The molecule has 1 rings (SSSR count). The van der Waals surface area contributed by atoms with Crippen molar-refractivity contribution in [2.24, 2.45) is 0 Å². The van der Waals surface area contributed by atoms with Crippen LogP contribution in [0.1, 0.15) is 19.4 Å². The van der Waals surface area contributed by atoms with Gasteiger partial charge in [-0.3, -0.25) is 4.57 Å². The zero-order chi connectivity index (χ0) is 13.4. The van der Waals surface area contributed by atoms with Crippen molar-refractivity contribution in [2.75, 3.05) is 20.3 Å². The van der Waals surface area contributed by atoms with Crippen molar-refractivity contribution in [2.45, 2.75) is 13.8 Å². The van der Waals surface area contributed by atoms with Crippen LogP contribution in [0.5, 0.6) is 5.75 Å². The first kappa shape index (κ1) is 15.0. The molecule has 0 saturated carbocycles. The summed E-state index contributed by atoms with van der Waals surface area (Å²) in [6, 6.07) is 7.42. The summed E-state index contributed by atoms with van der Waals surface area (Å²) in [5.74, 6) is 2.27. The molecule has 1 aromatic carbocycles. The van der Waals surface area contributed by atoms with Crippen LogP contribution in [0.2, 0.25) is 0 Å². The minimum atomic E-state index is -3.12. The standard InChI is InChI=1S/C13H19O4P/c1-4-16-18(14,17-5-2)11-10-12-6-8-13(15-3)9-7-12/h6-11H,4-5H2,1-3H3/b11-10+. The lowest BCUT2D eigenvalue weighted by Gasteiger charge is -2.12. The van der Waals surface area contributed by atoms with E-state index in [1.165, 1.54) is 5.82 Å². The monoisotopic (exact) mass is 270 g/mol. The molecule has 0 unspecified atom stereocenters. The summed E-state index contributed by atoms with van der Waals surface area (Å²) in [6.07, 6.45) is 1.73. The van der Waals surface area contributed by atoms with E-state index < -0.39 is 7.60 Å². The molecule has 0 aromatic heterocycles. The van der Waals surface area contributed by atoms with Crippen molar-refractivity contribution in [1.29, 1.82) is 0 Å². The Bertz CT molecular complexity index is 415. The van der Waals surface area contributed by atoms with Crippen LogP contribution in [0.3, 0.4) is 0 Å². The highest BCUT2D eigenvalue weighted by Gasteiger charge is 2.18. The second-order valence-corrected chi connectivity index (χ2v) is 5.36. The number of methoxy groups -OCH3 is 1. The van der Waals surface area contributed by atoms with Gasteiger partial charge in [-0.15, -0.1) is 0 Å². The zero-order valence-electron chi connectivity index (χ0n) is 11.0. The quantitative estimate of drug-likeness (QED) is 0.704. The fraction of sp³-hybridized carbons (Fsp3) is 0.385. The molecule has 0 spiro atoms. The topological polar surface area (TPSA) is 44.8 Å². The predicted octanol–water partition coefficient (Wildman–Crippen LogP) is 3.93. The minimum Gasteiger partial charge on any atom is -0.497 e. The Morgan fingerprint density at radius 3 is 2.11 bits per heavy atom. The number of hydrogen-bond donors (Lipinski definition) is 0. The van der Waals surface area contributed by atoms with Crippen molar-refractivity contribution >= 4 is 13.7 Å². The molecule has 4 nitrogen and oxygen atoms in total. The highest BCUT2D eigenvalue weighted by molar-refractivity contribution is 7.57. The van der Waals surface area contributed by atoms with Crippen LogP contribution < -0.4 is 4.74 Å². The van der Waals surface area contributed by atoms with Crippen molar-refractivity contribution in [3.63, 3.8) is 0 Å². The molecule has 0 N–H and O–H groups in total. The Hall–Kier alpha value is -1.09. The van der Waals surface area contributed by atoms with E-state index in [4.69, 9.17) is 13.8 Å². The lowest BCUT2D eigenvalue weighted by Crippen LogP contribution is -1.92. The van der Waals surface area contributed by atoms with Crippen LogP contribution in [0.25, 0.3) is 6.08 Å². The fourth-order valence-electron chi connectivity index (χ4n) is 1.38. The molecule has 0 aliphatic carbocycles. The molecule has 0 aliphatic rings. The maximum Gasteiger partial charge on any atom is 0.354 e. The van der Waals surface area contributed by atoms with Gasteiger partial charge in [0.15, 0.2) is 0 Å². The summed E-state index contributed by atoms with van der Waals surface area (Å²) in [5.41, 5.74) is 0.912. The molecule has 18 heavy (non-hydrogen) atoms. The SMILES string of the molecule is CCOP(=O)(/C=C/c1ccc(OC)cc1)OCC. The lowest BCUT2D eigenvalue weighted by atomic mass is 10.2. The van der Waals surface area contributed by atoms with E-state index in [1.54, 1.807) is 27.0 Å². The fourth-order valence-corrected chi connectivity index (χ4v) is 2.70. The van der Waals surface area contributed by atoms with Crippen molar-refractivity contribution in [3.8, 4) is 5.75 Å². The Kier molecular flexibility index (Phi) is 6.13. The Balaban J connectivity index is 2.78. The summed E-state index contributed by atoms with van der Waals surface area (Å²) in [5, 5.41) is 0. The lowest BCUT2D eigenvalue weighted by molar-refractivity contribution is 0.229. The first-order valence-corrected chi connectivity index (χ1v) is 7.47. The minimum absolute atomic E-state index is 0.351. The van der Waals surface area contributed by atoms with Gasteiger partial charge in [0.05, 0.1) is 20.3 Å². The van der Waals surface area contributed by atoms with Gasteiger partial charge in [0, 0.05) is 5.82 Å². The second kappa shape index (κ2) is 7.37. The van der Waals surface area contributed by atoms with Gasteiger partial charge in [-0.05, 0) is 37.6 Å². The molecule has 0 radical (unpaired) electrons. The van der Waals surface area contributed by atoms with E-state index in [9.17, 15) is 4.57 Å². The van der Waals surface area contributed by atoms with Crippen molar-refractivity contribution in [1.82, 2.24) is 0 Å². The average molecular weight is 270 g/mol. The molecule has 0 aliphatic heterocycles. The molecule has 0 amide bonds. The molecule has 0 bridgehead atoms. The molecule has 0 fully saturated rings. The number of hydrogen-bond acceptors (Lipinski definition) is 4. The molecular formula is C13H19O4P. The van der Waals surface area contributed by atoms with Gasteiger partial charge in [0.2, 0.25) is 0 Å².